The SMILES string of the molecule is COCCNC(=NCc1ccccc1OC)NCCc1ccco1.I. The molecule has 0 aliphatic rings. The number of nitrogens with zero attached hydrogens (tertiary/aromatic N) is 1. The van der Waals surface area contributed by atoms with Crippen molar-refractivity contribution in [3.63, 3.8) is 0 Å². The molecule has 2 aromatic rings. The van der Waals surface area contributed by atoms with Gasteiger partial charge in [-0.3, -0.25) is 0 Å². The number of halogens is 1. The molecule has 0 unspecified atom stereocenters. The molecule has 1 aromatic heterocycles. The second-order valence-corrected chi connectivity index (χ2v) is 5.15. The summed E-state index contributed by atoms with van der Waals surface area (Å²) in [6.45, 7) is 2.58. The lowest BCUT2D eigenvalue weighted by Crippen LogP contribution is -2.40. The standard InChI is InChI=1S/C18H25N3O3.HI/c1-22-13-11-20-18(19-10-9-16-7-5-12-24-16)21-14-15-6-3-4-8-17(15)23-2;/h3-8,12H,9-11,13-14H2,1-2H3,(H2,19,20,21);1H. The molecule has 7 heteroatoms. The van der Waals surface area contributed by atoms with Crippen LogP contribution in [0.25, 0.3) is 0 Å². The van der Waals surface area contributed by atoms with Crippen LogP contribution in [0.15, 0.2) is 52.1 Å². The van der Waals surface area contributed by atoms with Crippen LogP contribution in [0, 0.1) is 0 Å². The molecular weight excluding hydrogens is 433 g/mol. The number of rotatable bonds is 9. The van der Waals surface area contributed by atoms with Crippen molar-refractivity contribution < 1.29 is 13.9 Å². The first-order chi connectivity index (χ1) is 11.8. The first-order valence-electron chi connectivity index (χ1n) is 7.99. The van der Waals surface area contributed by atoms with Gasteiger partial charge >= 0.3 is 0 Å². The molecule has 0 aliphatic carbocycles. The van der Waals surface area contributed by atoms with Gasteiger partial charge in [0.15, 0.2) is 5.96 Å². The van der Waals surface area contributed by atoms with E-state index in [-0.39, 0.29) is 24.0 Å². The largest absolute Gasteiger partial charge is 0.496 e. The van der Waals surface area contributed by atoms with E-state index >= 15 is 0 Å². The van der Waals surface area contributed by atoms with Gasteiger partial charge in [0, 0.05) is 32.2 Å². The molecule has 0 saturated heterocycles. The highest BCUT2D eigenvalue weighted by Gasteiger charge is 2.03. The number of ether oxygens (including phenoxy) is 2. The van der Waals surface area contributed by atoms with Gasteiger partial charge in [0.2, 0.25) is 0 Å². The fraction of sp³-hybridized carbons (Fsp3) is 0.389. The maximum absolute atomic E-state index is 5.36. The monoisotopic (exact) mass is 459 g/mol. The molecule has 138 valence electrons. The van der Waals surface area contributed by atoms with E-state index in [0.717, 1.165) is 36.0 Å². The molecule has 0 saturated carbocycles. The third kappa shape index (κ3) is 7.78. The molecule has 0 radical (unpaired) electrons. The lowest BCUT2D eigenvalue weighted by molar-refractivity contribution is 0.203. The molecule has 2 N–H and O–H groups in total. The van der Waals surface area contributed by atoms with E-state index in [0.29, 0.717) is 19.7 Å². The molecule has 0 bridgehead atoms. The third-order valence-electron chi connectivity index (χ3n) is 3.44. The Bertz CT molecular complexity index is 618. The summed E-state index contributed by atoms with van der Waals surface area (Å²) in [5.74, 6) is 2.53. The molecule has 25 heavy (non-hydrogen) atoms. The first-order valence-corrected chi connectivity index (χ1v) is 7.99. The Morgan fingerprint density at radius 2 is 1.88 bits per heavy atom. The van der Waals surface area contributed by atoms with Crippen molar-refractivity contribution in [3.8, 4) is 5.75 Å². The van der Waals surface area contributed by atoms with Crippen molar-refractivity contribution in [2.75, 3.05) is 33.9 Å². The van der Waals surface area contributed by atoms with E-state index in [1.54, 1.807) is 20.5 Å². The number of methoxy groups -OCH3 is 2. The quantitative estimate of drug-likeness (QED) is 0.261. The lowest BCUT2D eigenvalue weighted by Gasteiger charge is -2.12. The highest BCUT2D eigenvalue weighted by Crippen LogP contribution is 2.17. The Labute approximate surface area is 166 Å². The number of hydrogen-bond donors (Lipinski definition) is 2. The van der Waals surface area contributed by atoms with Crippen molar-refractivity contribution in [2.24, 2.45) is 4.99 Å². The van der Waals surface area contributed by atoms with Crippen LogP contribution in [0.2, 0.25) is 0 Å². The van der Waals surface area contributed by atoms with Crippen molar-refractivity contribution >= 4 is 29.9 Å². The van der Waals surface area contributed by atoms with Gasteiger partial charge in [-0.1, -0.05) is 18.2 Å². The number of para-hydroxylation sites is 1. The molecule has 2 rings (SSSR count). The van der Waals surface area contributed by atoms with Crippen LogP contribution in [-0.4, -0.2) is 39.9 Å². The first kappa shape index (κ1) is 21.3. The van der Waals surface area contributed by atoms with Gasteiger partial charge in [0.25, 0.3) is 0 Å². The minimum Gasteiger partial charge on any atom is -0.496 e. The molecule has 0 spiro atoms. The zero-order valence-electron chi connectivity index (χ0n) is 14.7. The van der Waals surface area contributed by atoms with E-state index in [4.69, 9.17) is 13.9 Å². The maximum atomic E-state index is 5.36. The summed E-state index contributed by atoms with van der Waals surface area (Å²) >= 11 is 0. The van der Waals surface area contributed by atoms with Gasteiger partial charge in [-0.25, -0.2) is 4.99 Å². The van der Waals surface area contributed by atoms with Crippen LogP contribution >= 0.6 is 24.0 Å². The van der Waals surface area contributed by atoms with E-state index in [1.165, 1.54) is 0 Å². The second kappa shape index (κ2) is 12.6. The fourth-order valence-electron chi connectivity index (χ4n) is 2.20. The average Bonchev–Trinajstić information content (AvgIpc) is 3.13. The van der Waals surface area contributed by atoms with Gasteiger partial charge in [-0.15, -0.1) is 24.0 Å². The summed E-state index contributed by atoms with van der Waals surface area (Å²) in [7, 11) is 3.35. The Morgan fingerprint density at radius 1 is 1.08 bits per heavy atom. The smallest absolute Gasteiger partial charge is 0.191 e. The summed E-state index contributed by atoms with van der Waals surface area (Å²) in [6, 6.07) is 11.7. The Kier molecular flexibility index (Phi) is 10.7. The molecule has 6 nitrogen and oxygen atoms in total. The molecular formula is C18H26IN3O3. The van der Waals surface area contributed by atoms with Crippen LogP contribution < -0.4 is 15.4 Å². The van der Waals surface area contributed by atoms with Gasteiger partial charge in [-0.2, -0.15) is 0 Å². The topological polar surface area (TPSA) is 68.0 Å². The van der Waals surface area contributed by atoms with Crippen LogP contribution in [0.3, 0.4) is 0 Å². The predicted molar refractivity (Wildman–Crippen MR) is 110 cm³/mol. The summed E-state index contributed by atoms with van der Waals surface area (Å²) in [6.07, 6.45) is 2.48. The number of benzene rings is 1. The van der Waals surface area contributed by atoms with E-state index < -0.39 is 0 Å². The molecule has 0 amide bonds. The number of hydrogen-bond acceptors (Lipinski definition) is 4. The average molecular weight is 459 g/mol. The Balaban J connectivity index is 0.00000312. The normalized spacial score (nSPS) is 10.9. The zero-order valence-corrected chi connectivity index (χ0v) is 17.0. The third-order valence-corrected chi connectivity index (χ3v) is 3.44. The fourth-order valence-corrected chi connectivity index (χ4v) is 2.20. The van der Waals surface area contributed by atoms with E-state index in [1.807, 2.05) is 36.4 Å². The highest BCUT2D eigenvalue weighted by molar-refractivity contribution is 14.0. The van der Waals surface area contributed by atoms with Crippen molar-refractivity contribution in [2.45, 2.75) is 13.0 Å². The van der Waals surface area contributed by atoms with Crippen molar-refractivity contribution in [3.05, 3.63) is 54.0 Å². The van der Waals surface area contributed by atoms with E-state index in [2.05, 4.69) is 15.6 Å². The van der Waals surface area contributed by atoms with Crippen LogP contribution in [-0.2, 0) is 17.7 Å². The summed E-state index contributed by atoms with van der Waals surface area (Å²) in [5.41, 5.74) is 1.04. The Hall–Kier alpha value is -1.74. The summed E-state index contributed by atoms with van der Waals surface area (Å²) < 4.78 is 15.8. The summed E-state index contributed by atoms with van der Waals surface area (Å²) in [5, 5.41) is 6.56. The molecule has 1 aromatic carbocycles. The molecule has 1 heterocycles. The Morgan fingerprint density at radius 3 is 2.60 bits per heavy atom. The minimum atomic E-state index is 0. The van der Waals surface area contributed by atoms with Crippen molar-refractivity contribution in [1.82, 2.24) is 10.6 Å². The molecule has 0 atom stereocenters. The van der Waals surface area contributed by atoms with Crippen LogP contribution in [0.5, 0.6) is 5.75 Å². The van der Waals surface area contributed by atoms with Gasteiger partial charge in [0.1, 0.15) is 11.5 Å². The van der Waals surface area contributed by atoms with Crippen LogP contribution in [0.1, 0.15) is 11.3 Å². The predicted octanol–water partition coefficient (Wildman–Crippen LogP) is 2.83. The molecule has 0 aliphatic heterocycles. The number of furan rings is 1. The zero-order chi connectivity index (χ0) is 17.0. The second-order valence-electron chi connectivity index (χ2n) is 5.15. The van der Waals surface area contributed by atoms with Crippen molar-refractivity contribution in [1.29, 1.82) is 0 Å². The van der Waals surface area contributed by atoms with Gasteiger partial charge in [0.05, 0.1) is 26.5 Å². The minimum absolute atomic E-state index is 0. The highest BCUT2D eigenvalue weighted by atomic mass is 127. The lowest BCUT2D eigenvalue weighted by atomic mass is 10.2. The van der Waals surface area contributed by atoms with E-state index in [9.17, 15) is 0 Å². The summed E-state index contributed by atoms with van der Waals surface area (Å²) in [4.78, 5) is 4.62. The number of nitrogens with one attached hydrogen (secondary N) is 2. The van der Waals surface area contributed by atoms with Gasteiger partial charge < -0.3 is 24.5 Å². The number of guanidine groups is 1. The molecule has 0 fully saturated rings. The number of aliphatic imine (C=N–C) groups is 1. The van der Waals surface area contributed by atoms with Gasteiger partial charge in [-0.05, 0) is 18.2 Å². The van der Waals surface area contributed by atoms with Crippen LogP contribution in [0.4, 0.5) is 0 Å². The maximum Gasteiger partial charge on any atom is 0.191 e.